The molecule has 0 fully saturated rings. The Morgan fingerprint density at radius 3 is 2.62 bits per heavy atom. The summed E-state index contributed by atoms with van der Waals surface area (Å²) in [5.41, 5.74) is 1.30. The quantitative estimate of drug-likeness (QED) is 0.719. The highest BCUT2D eigenvalue weighted by atomic mass is 16.5. The summed E-state index contributed by atoms with van der Waals surface area (Å²) in [7, 11) is 3.46. The third kappa shape index (κ3) is 3.17. The molecular formula is C12H20N2O2. The first-order valence-electron chi connectivity index (χ1n) is 5.45. The van der Waals surface area contributed by atoms with Gasteiger partial charge in [-0.2, -0.15) is 5.10 Å². The summed E-state index contributed by atoms with van der Waals surface area (Å²) in [5, 5.41) is 4.16. The minimum absolute atomic E-state index is 0.119. The predicted octanol–water partition coefficient (Wildman–Crippen LogP) is 2.12. The number of hydrogen-bond acceptors (Lipinski definition) is 3. The van der Waals surface area contributed by atoms with Gasteiger partial charge in [-0.1, -0.05) is 0 Å². The normalized spacial score (nSPS) is 11.8. The largest absolute Gasteiger partial charge is 0.379 e. The highest BCUT2D eigenvalue weighted by Gasteiger charge is 2.20. The van der Waals surface area contributed by atoms with Crippen LogP contribution < -0.4 is 0 Å². The number of carbonyl (C=O) groups is 1. The van der Waals surface area contributed by atoms with Crippen molar-refractivity contribution in [1.29, 1.82) is 0 Å². The monoisotopic (exact) mass is 224 g/mol. The summed E-state index contributed by atoms with van der Waals surface area (Å²) in [6, 6.07) is 1.82. The number of rotatable bonds is 5. The fraction of sp³-hybridized carbons (Fsp3) is 0.667. The van der Waals surface area contributed by atoms with Crippen LogP contribution in [0.15, 0.2) is 6.07 Å². The molecule has 16 heavy (non-hydrogen) atoms. The lowest BCUT2D eigenvalue weighted by molar-refractivity contribution is 0.0141. The van der Waals surface area contributed by atoms with Gasteiger partial charge in [-0.15, -0.1) is 0 Å². The Kier molecular flexibility index (Phi) is 3.86. The highest BCUT2D eigenvalue weighted by molar-refractivity contribution is 5.94. The first-order chi connectivity index (χ1) is 7.35. The second-order valence-corrected chi connectivity index (χ2v) is 4.68. The number of methoxy groups -OCH3 is 1. The van der Waals surface area contributed by atoms with Crippen LogP contribution in [0.1, 0.15) is 42.9 Å². The van der Waals surface area contributed by atoms with Crippen molar-refractivity contribution in [3.63, 3.8) is 0 Å². The molecule has 1 heterocycles. The average molecular weight is 224 g/mol. The second-order valence-electron chi connectivity index (χ2n) is 4.68. The van der Waals surface area contributed by atoms with Crippen molar-refractivity contribution in [3.8, 4) is 0 Å². The Labute approximate surface area is 96.6 Å². The second kappa shape index (κ2) is 4.78. The molecule has 0 unspecified atom stereocenters. The van der Waals surface area contributed by atoms with Crippen molar-refractivity contribution in [3.05, 3.63) is 17.5 Å². The molecule has 0 atom stereocenters. The van der Waals surface area contributed by atoms with E-state index in [9.17, 15) is 4.79 Å². The van der Waals surface area contributed by atoms with Crippen molar-refractivity contribution >= 4 is 5.78 Å². The fourth-order valence-corrected chi connectivity index (χ4v) is 1.52. The van der Waals surface area contributed by atoms with Gasteiger partial charge in [0, 0.05) is 20.6 Å². The molecule has 0 saturated carbocycles. The zero-order valence-corrected chi connectivity index (χ0v) is 10.7. The first-order valence-corrected chi connectivity index (χ1v) is 5.45. The molecule has 1 rings (SSSR count). The number of ether oxygens (including phenoxy) is 1. The van der Waals surface area contributed by atoms with Gasteiger partial charge in [0.05, 0.1) is 11.3 Å². The summed E-state index contributed by atoms with van der Waals surface area (Å²) in [4.78, 5) is 11.9. The van der Waals surface area contributed by atoms with Crippen LogP contribution in [-0.2, 0) is 11.8 Å². The van der Waals surface area contributed by atoms with Crippen LogP contribution >= 0.6 is 0 Å². The molecule has 0 N–H and O–H groups in total. The van der Waals surface area contributed by atoms with Gasteiger partial charge in [-0.25, -0.2) is 0 Å². The lowest BCUT2D eigenvalue weighted by Crippen LogP contribution is -2.23. The van der Waals surface area contributed by atoms with Gasteiger partial charge in [0.1, 0.15) is 5.69 Å². The molecule has 4 heteroatoms. The Hall–Kier alpha value is -1.16. The Morgan fingerprint density at radius 2 is 2.19 bits per heavy atom. The van der Waals surface area contributed by atoms with Gasteiger partial charge in [0.2, 0.25) is 0 Å². The summed E-state index contributed by atoms with van der Waals surface area (Å²) < 4.78 is 6.92. The lowest BCUT2D eigenvalue weighted by atomic mass is 9.99. The predicted molar refractivity (Wildman–Crippen MR) is 62.6 cm³/mol. The summed E-state index contributed by atoms with van der Waals surface area (Å²) in [6.07, 6.45) is 1.20. The van der Waals surface area contributed by atoms with E-state index in [0.717, 1.165) is 5.69 Å². The fourth-order valence-electron chi connectivity index (χ4n) is 1.52. The molecule has 1 aromatic rings. The highest BCUT2D eigenvalue weighted by Crippen LogP contribution is 2.17. The molecule has 0 aromatic carbocycles. The molecule has 4 nitrogen and oxygen atoms in total. The molecule has 0 saturated heterocycles. The van der Waals surface area contributed by atoms with Crippen LogP contribution in [0.2, 0.25) is 0 Å². The number of aromatic nitrogens is 2. The van der Waals surface area contributed by atoms with Crippen LogP contribution in [0.3, 0.4) is 0 Å². The van der Waals surface area contributed by atoms with Gasteiger partial charge < -0.3 is 4.74 Å². The molecule has 0 aliphatic heterocycles. The van der Waals surface area contributed by atoms with Gasteiger partial charge in [-0.05, 0) is 33.3 Å². The third-order valence-electron chi connectivity index (χ3n) is 2.79. The topological polar surface area (TPSA) is 44.1 Å². The van der Waals surface area contributed by atoms with E-state index in [1.165, 1.54) is 0 Å². The van der Waals surface area contributed by atoms with E-state index in [2.05, 4.69) is 5.10 Å². The molecule has 0 aliphatic carbocycles. The molecule has 0 spiro atoms. The van der Waals surface area contributed by atoms with Crippen LogP contribution in [0.5, 0.6) is 0 Å². The Morgan fingerprint density at radius 1 is 1.56 bits per heavy atom. The Bertz CT molecular complexity index is 380. The number of carbonyl (C=O) groups excluding carboxylic acids is 1. The molecule has 1 aromatic heterocycles. The van der Waals surface area contributed by atoms with Crippen LogP contribution in [0.4, 0.5) is 0 Å². The number of aryl methyl sites for hydroxylation is 2. The maximum Gasteiger partial charge on any atom is 0.180 e. The number of ketones is 1. The SMILES string of the molecule is COC(C)(C)CCC(=O)c1cc(C)nn1C. The standard InChI is InChI=1S/C12H20N2O2/c1-9-8-10(14(4)13-9)11(15)6-7-12(2,3)16-5/h8H,6-7H2,1-5H3. The average Bonchev–Trinajstić information content (AvgIpc) is 2.54. The van der Waals surface area contributed by atoms with Gasteiger partial charge in [-0.3, -0.25) is 9.48 Å². The van der Waals surface area contributed by atoms with E-state index >= 15 is 0 Å². The van der Waals surface area contributed by atoms with E-state index in [0.29, 0.717) is 18.5 Å². The maximum atomic E-state index is 11.9. The van der Waals surface area contributed by atoms with Crippen molar-refractivity contribution in [1.82, 2.24) is 9.78 Å². The number of nitrogens with zero attached hydrogens (tertiary/aromatic N) is 2. The van der Waals surface area contributed by atoms with Crippen molar-refractivity contribution in [2.75, 3.05) is 7.11 Å². The van der Waals surface area contributed by atoms with Crippen LogP contribution in [0.25, 0.3) is 0 Å². The molecule has 0 aliphatic rings. The Balaban J connectivity index is 2.63. The third-order valence-corrected chi connectivity index (χ3v) is 2.79. The minimum Gasteiger partial charge on any atom is -0.379 e. The summed E-state index contributed by atoms with van der Waals surface area (Å²) in [5.74, 6) is 0.119. The maximum absolute atomic E-state index is 11.9. The molecule has 0 amide bonds. The number of hydrogen-bond donors (Lipinski definition) is 0. The minimum atomic E-state index is -0.247. The van der Waals surface area contributed by atoms with Gasteiger partial charge in [0.25, 0.3) is 0 Å². The van der Waals surface area contributed by atoms with E-state index in [1.54, 1.807) is 18.8 Å². The summed E-state index contributed by atoms with van der Waals surface area (Å²) in [6.45, 7) is 5.85. The zero-order valence-electron chi connectivity index (χ0n) is 10.7. The van der Waals surface area contributed by atoms with E-state index in [-0.39, 0.29) is 11.4 Å². The van der Waals surface area contributed by atoms with E-state index < -0.39 is 0 Å². The van der Waals surface area contributed by atoms with E-state index in [4.69, 9.17) is 4.74 Å². The lowest BCUT2D eigenvalue weighted by Gasteiger charge is -2.22. The molecule has 90 valence electrons. The molecule has 0 radical (unpaired) electrons. The molecular weight excluding hydrogens is 204 g/mol. The van der Waals surface area contributed by atoms with Crippen molar-refractivity contribution in [2.24, 2.45) is 7.05 Å². The van der Waals surface area contributed by atoms with E-state index in [1.807, 2.05) is 26.8 Å². The van der Waals surface area contributed by atoms with Crippen molar-refractivity contribution in [2.45, 2.75) is 39.2 Å². The molecule has 0 bridgehead atoms. The first kappa shape index (κ1) is 12.9. The van der Waals surface area contributed by atoms with Gasteiger partial charge in [0.15, 0.2) is 5.78 Å². The zero-order chi connectivity index (χ0) is 12.3. The smallest absolute Gasteiger partial charge is 0.180 e. The summed E-state index contributed by atoms with van der Waals surface area (Å²) >= 11 is 0. The van der Waals surface area contributed by atoms with Gasteiger partial charge >= 0.3 is 0 Å². The van der Waals surface area contributed by atoms with Crippen LogP contribution in [0, 0.1) is 6.92 Å². The van der Waals surface area contributed by atoms with Crippen molar-refractivity contribution < 1.29 is 9.53 Å². The number of Topliss-reactive ketones (excluding diaryl/α,β-unsaturated/α-hetero) is 1. The van der Waals surface area contributed by atoms with Crippen LogP contribution in [-0.4, -0.2) is 28.3 Å².